The maximum Gasteiger partial charge on any atom is 0.150 e. The lowest BCUT2D eigenvalue weighted by molar-refractivity contribution is 0.477. The fourth-order valence-electron chi connectivity index (χ4n) is 3.75. The van der Waals surface area contributed by atoms with E-state index in [9.17, 15) is 0 Å². The summed E-state index contributed by atoms with van der Waals surface area (Å²) >= 11 is 0. The van der Waals surface area contributed by atoms with Crippen molar-refractivity contribution in [3.63, 3.8) is 0 Å². The number of anilines is 1. The number of fused-ring (bicyclic) bond motifs is 5. The molecule has 0 aliphatic carbocycles. The normalized spacial score (nSPS) is 22.4. The van der Waals surface area contributed by atoms with Gasteiger partial charge < -0.3 is 15.0 Å². The van der Waals surface area contributed by atoms with E-state index in [0.717, 1.165) is 31.0 Å². The minimum absolute atomic E-state index is 0.391. The van der Waals surface area contributed by atoms with Crippen LogP contribution in [-0.2, 0) is 0 Å². The molecule has 114 valence electrons. The van der Waals surface area contributed by atoms with Gasteiger partial charge in [-0.3, -0.25) is 0 Å². The van der Waals surface area contributed by atoms with E-state index in [0.29, 0.717) is 12.1 Å². The Kier molecular flexibility index (Phi) is 3.30. The van der Waals surface area contributed by atoms with Crippen molar-refractivity contribution in [1.82, 2.24) is 5.32 Å². The molecule has 0 saturated carbocycles. The van der Waals surface area contributed by atoms with Crippen LogP contribution >= 0.6 is 0 Å². The van der Waals surface area contributed by atoms with Crippen LogP contribution in [-0.4, -0.2) is 19.1 Å². The van der Waals surface area contributed by atoms with E-state index >= 15 is 0 Å². The van der Waals surface area contributed by atoms with Gasteiger partial charge in [-0.25, -0.2) is 0 Å². The third kappa shape index (κ3) is 2.17. The van der Waals surface area contributed by atoms with Gasteiger partial charge in [-0.15, -0.1) is 0 Å². The molecule has 2 atom stereocenters. The summed E-state index contributed by atoms with van der Waals surface area (Å²) < 4.78 is 6.23. The van der Waals surface area contributed by atoms with Crippen molar-refractivity contribution >= 4 is 5.69 Å². The van der Waals surface area contributed by atoms with Gasteiger partial charge in [-0.1, -0.05) is 36.8 Å². The first-order valence-electron chi connectivity index (χ1n) is 8.13. The Hall–Kier alpha value is -2.00. The van der Waals surface area contributed by atoms with Gasteiger partial charge in [-0.05, 0) is 38.1 Å². The average Bonchev–Trinajstić information content (AvgIpc) is 2.89. The van der Waals surface area contributed by atoms with Crippen LogP contribution in [0.25, 0.3) is 0 Å². The van der Waals surface area contributed by atoms with Gasteiger partial charge in [0.15, 0.2) is 5.75 Å². The first-order chi connectivity index (χ1) is 10.8. The Labute approximate surface area is 131 Å². The first-order valence-corrected chi connectivity index (χ1v) is 8.13. The average molecular weight is 294 g/mol. The van der Waals surface area contributed by atoms with Crippen LogP contribution in [0.3, 0.4) is 0 Å². The smallest absolute Gasteiger partial charge is 0.150 e. The highest BCUT2D eigenvalue weighted by Gasteiger charge is 2.37. The Morgan fingerprint density at radius 2 is 2.05 bits per heavy atom. The Morgan fingerprint density at radius 1 is 1.18 bits per heavy atom. The van der Waals surface area contributed by atoms with Gasteiger partial charge in [0.2, 0.25) is 0 Å². The second-order valence-electron chi connectivity index (χ2n) is 6.27. The summed E-state index contributed by atoms with van der Waals surface area (Å²) in [6.45, 7) is 6.38. The van der Waals surface area contributed by atoms with Crippen molar-refractivity contribution in [1.29, 1.82) is 0 Å². The molecule has 0 amide bonds. The predicted octanol–water partition coefficient (Wildman–Crippen LogP) is 4.03. The van der Waals surface area contributed by atoms with Crippen LogP contribution in [0.4, 0.5) is 5.69 Å². The molecule has 2 aliphatic heterocycles. The summed E-state index contributed by atoms with van der Waals surface area (Å²) in [6.07, 6.45) is 1.13. The topological polar surface area (TPSA) is 24.5 Å². The van der Waals surface area contributed by atoms with Crippen molar-refractivity contribution in [2.45, 2.75) is 32.4 Å². The molecule has 1 N–H and O–H groups in total. The number of benzene rings is 2. The van der Waals surface area contributed by atoms with Crippen molar-refractivity contribution in [3.05, 3.63) is 53.6 Å². The van der Waals surface area contributed by atoms with E-state index < -0.39 is 0 Å². The maximum absolute atomic E-state index is 6.23. The van der Waals surface area contributed by atoms with E-state index in [-0.39, 0.29) is 0 Å². The van der Waals surface area contributed by atoms with Crippen LogP contribution in [0.2, 0.25) is 0 Å². The Balaban J connectivity index is 1.84. The fraction of sp³-hybridized carbons (Fsp3) is 0.368. The lowest BCUT2D eigenvalue weighted by Gasteiger charge is -2.25. The van der Waals surface area contributed by atoms with Gasteiger partial charge in [0.05, 0.1) is 11.7 Å². The Morgan fingerprint density at radius 3 is 2.91 bits per heavy atom. The number of rotatable bonds is 2. The third-order valence-electron chi connectivity index (χ3n) is 4.71. The number of ether oxygens (including phenoxy) is 1. The highest BCUT2D eigenvalue weighted by molar-refractivity contribution is 5.65. The highest BCUT2D eigenvalue weighted by Crippen LogP contribution is 2.48. The molecule has 0 bridgehead atoms. The third-order valence-corrected chi connectivity index (χ3v) is 4.71. The second-order valence-corrected chi connectivity index (χ2v) is 6.27. The number of nitrogens with zero attached hydrogens (tertiary/aromatic N) is 1. The molecule has 1 fully saturated rings. The number of hydrogen-bond donors (Lipinski definition) is 1. The molecule has 0 aromatic heterocycles. The molecule has 1 saturated heterocycles. The molecule has 22 heavy (non-hydrogen) atoms. The molecule has 3 nitrogen and oxygen atoms in total. The summed E-state index contributed by atoms with van der Waals surface area (Å²) in [5.41, 5.74) is 3.82. The molecule has 0 spiro atoms. The van der Waals surface area contributed by atoms with Crippen molar-refractivity contribution in [3.8, 4) is 11.5 Å². The summed E-state index contributed by atoms with van der Waals surface area (Å²) in [7, 11) is 0. The Bertz CT molecular complexity index is 698. The molecule has 2 aromatic carbocycles. The van der Waals surface area contributed by atoms with Gasteiger partial charge in [0.1, 0.15) is 5.75 Å². The van der Waals surface area contributed by atoms with Gasteiger partial charge in [0, 0.05) is 18.2 Å². The van der Waals surface area contributed by atoms with Crippen LogP contribution in [0.1, 0.15) is 30.5 Å². The van der Waals surface area contributed by atoms with E-state index in [1.807, 2.05) is 6.07 Å². The summed E-state index contributed by atoms with van der Waals surface area (Å²) in [5.74, 6) is 1.97. The SMILES string of the molecule is CCNC1CC2c3cc(C)ccc3Oc3ccccc3N2C1. The van der Waals surface area contributed by atoms with Crippen molar-refractivity contribution in [2.75, 3.05) is 18.0 Å². The second kappa shape index (κ2) is 5.33. The molecule has 2 aliphatic rings. The highest BCUT2D eigenvalue weighted by atomic mass is 16.5. The molecular weight excluding hydrogens is 272 g/mol. The number of aryl methyl sites for hydroxylation is 1. The van der Waals surface area contributed by atoms with Gasteiger partial charge in [-0.2, -0.15) is 0 Å². The number of para-hydroxylation sites is 2. The van der Waals surface area contributed by atoms with Gasteiger partial charge in [0.25, 0.3) is 0 Å². The van der Waals surface area contributed by atoms with E-state index in [4.69, 9.17) is 4.74 Å². The fourth-order valence-corrected chi connectivity index (χ4v) is 3.75. The van der Waals surface area contributed by atoms with E-state index in [1.165, 1.54) is 16.8 Å². The maximum atomic E-state index is 6.23. The molecule has 4 rings (SSSR count). The zero-order valence-corrected chi connectivity index (χ0v) is 13.2. The monoisotopic (exact) mass is 294 g/mol. The number of likely N-dealkylation sites (N-methyl/N-ethyl adjacent to an activating group) is 1. The summed E-state index contributed by atoms with van der Waals surface area (Å²) in [4.78, 5) is 2.51. The zero-order valence-electron chi connectivity index (χ0n) is 13.2. The molecule has 2 heterocycles. The molecule has 2 unspecified atom stereocenters. The zero-order chi connectivity index (χ0) is 15.1. The summed E-state index contributed by atoms with van der Waals surface area (Å²) in [5, 5.41) is 3.62. The van der Waals surface area contributed by atoms with E-state index in [1.54, 1.807) is 0 Å². The largest absolute Gasteiger partial charge is 0.455 e. The van der Waals surface area contributed by atoms with Crippen molar-refractivity contribution < 1.29 is 4.74 Å². The minimum atomic E-state index is 0.391. The molecule has 3 heteroatoms. The molecule has 0 radical (unpaired) electrons. The van der Waals surface area contributed by atoms with Crippen molar-refractivity contribution in [2.24, 2.45) is 0 Å². The number of nitrogens with one attached hydrogen (secondary N) is 1. The molecule has 2 aromatic rings. The van der Waals surface area contributed by atoms with Crippen LogP contribution in [0, 0.1) is 6.92 Å². The lowest BCUT2D eigenvalue weighted by atomic mass is 10.00. The molecular formula is C19H22N2O. The first kappa shape index (κ1) is 13.6. The van der Waals surface area contributed by atoms with Crippen LogP contribution in [0.5, 0.6) is 11.5 Å². The standard InChI is InChI=1S/C19H22N2O/c1-3-20-14-11-17-15-10-13(2)8-9-18(15)22-19-7-5-4-6-16(19)21(17)12-14/h4-10,14,17,20H,3,11-12H2,1-2H3. The minimum Gasteiger partial charge on any atom is -0.455 e. The summed E-state index contributed by atoms with van der Waals surface area (Å²) in [6, 6.07) is 15.9. The lowest BCUT2D eigenvalue weighted by Crippen LogP contribution is -2.32. The number of hydrogen-bond acceptors (Lipinski definition) is 3. The predicted molar refractivity (Wildman–Crippen MR) is 89.9 cm³/mol. The van der Waals surface area contributed by atoms with E-state index in [2.05, 4.69) is 60.5 Å². The van der Waals surface area contributed by atoms with Crippen LogP contribution < -0.4 is 15.0 Å². The van der Waals surface area contributed by atoms with Gasteiger partial charge >= 0.3 is 0 Å². The van der Waals surface area contributed by atoms with Crippen LogP contribution in [0.15, 0.2) is 42.5 Å². The quantitative estimate of drug-likeness (QED) is 0.905.